The van der Waals surface area contributed by atoms with Crippen molar-refractivity contribution in [1.82, 2.24) is 20.2 Å². The summed E-state index contributed by atoms with van der Waals surface area (Å²) in [6.07, 6.45) is 1.53. The molecule has 0 saturated carbocycles. The van der Waals surface area contributed by atoms with E-state index < -0.39 is 5.91 Å². The molecule has 18 heavy (non-hydrogen) atoms. The molecule has 0 bridgehead atoms. The van der Waals surface area contributed by atoms with E-state index >= 15 is 0 Å². The summed E-state index contributed by atoms with van der Waals surface area (Å²) in [5.41, 5.74) is 0.301. The minimum atomic E-state index is -0.404. The summed E-state index contributed by atoms with van der Waals surface area (Å²) in [6, 6.07) is 3.37. The summed E-state index contributed by atoms with van der Waals surface area (Å²) < 4.78 is 9.77. The van der Waals surface area contributed by atoms with Gasteiger partial charge in [-0.25, -0.2) is 10.1 Å². The van der Waals surface area contributed by atoms with Crippen LogP contribution in [0.5, 0.6) is 11.9 Å². The zero-order valence-corrected chi connectivity index (χ0v) is 9.80. The number of ether oxygens (including phenoxy) is 2. The van der Waals surface area contributed by atoms with Gasteiger partial charge in [0, 0.05) is 6.20 Å². The summed E-state index contributed by atoms with van der Waals surface area (Å²) in [7, 11) is 2.87. The maximum Gasteiger partial charge on any atom is 0.336 e. The van der Waals surface area contributed by atoms with Gasteiger partial charge in [-0.15, -0.1) is 5.10 Å². The number of methoxy groups -OCH3 is 2. The molecule has 0 aliphatic carbocycles. The molecular weight excluding hydrogens is 238 g/mol. The van der Waals surface area contributed by atoms with E-state index in [0.29, 0.717) is 5.56 Å². The number of pyridine rings is 1. The summed E-state index contributed by atoms with van der Waals surface area (Å²) in [5, 5.41) is 8.74. The Balaban J connectivity index is 2.16. The third-order valence-corrected chi connectivity index (χ3v) is 2.09. The first-order chi connectivity index (χ1) is 8.74. The second kappa shape index (κ2) is 5.13. The standard InChI is InChI=1S/C10H11N5O3/c1-17-8-6(4-3-5-11-8)7(16)12-9-13-10(18-2)15-14-9/h3-5H,1-2H3,(H2,12,13,14,15,16). The van der Waals surface area contributed by atoms with Gasteiger partial charge in [0.1, 0.15) is 5.56 Å². The lowest BCUT2D eigenvalue weighted by Gasteiger charge is -2.05. The molecule has 94 valence electrons. The predicted molar refractivity (Wildman–Crippen MR) is 61.7 cm³/mol. The molecule has 0 saturated heterocycles. The van der Waals surface area contributed by atoms with Crippen molar-refractivity contribution in [2.75, 3.05) is 19.5 Å². The monoisotopic (exact) mass is 249 g/mol. The molecule has 0 radical (unpaired) electrons. The second-order valence-electron chi connectivity index (χ2n) is 3.19. The number of amides is 1. The molecule has 2 rings (SSSR count). The predicted octanol–water partition coefficient (Wildman–Crippen LogP) is 0.469. The van der Waals surface area contributed by atoms with Gasteiger partial charge < -0.3 is 9.47 Å². The molecule has 8 nitrogen and oxygen atoms in total. The van der Waals surface area contributed by atoms with Crippen LogP contribution in [-0.2, 0) is 0 Å². The number of H-pyrrole nitrogens is 1. The molecule has 2 aromatic heterocycles. The highest BCUT2D eigenvalue weighted by atomic mass is 16.5. The summed E-state index contributed by atoms with van der Waals surface area (Å²) >= 11 is 0. The number of aromatic amines is 1. The molecule has 0 fully saturated rings. The third kappa shape index (κ3) is 2.37. The largest absolute Gasteiger partial charge is 0.480 e. The fraction of sp³-hybridized carbons (Fsp3) is 0.200. The van der Waals surface area contributed by atoms with E-state index in [-0.39, 0.29) is 17.8 Å². The first kappa shape index (κ1) is 11.8. The normalized spacial score (nSPS) is 9.89. The van der Waals surface area contributed by atoms with Gasteiger partial charge in [0.15, 0.2) is 0 Å². The third-order valence-electron chi connectivity index (χ3n) is 2.09. The number of nitrogens with zero attached hydrogens (tertiary/aromatic N) is 3. The van der Waals surface area contributed by atoms with Gasteiger partial charge in [-0.3, -0.25) is 10.1 Å². The lowest BCUT2D eigenvalue weighted by Crippen LogP contribution is -2.14. The number of nitrogens with one attached hydrogen (secondary N) is 2. The number of hydrogen-bond acceptors (Lipinski definition) is 6. The minimum absolute atomic E-state index is 0.142. The van der Waals surface area contributed by atoms with E-state index in [1.54, 1.807) is 12.1 Å². The smallest absolute Gasteiger partial charge is 0.336 e. The topological polar surface area (TPSA) is 102 Å². The summed E-state index contributed by atoms with van der Waals surface area (Å²) in [4.78, 5) is 19.7. The molecule has 2 aromatic rings. The van der Waals surface area contributed by atoms with Crippen LogP contribution in [-0.4, -0.2) is 40.3 Å². The molecule has 0 spiro atoms. The Labute approximate surface area is 102 Å². The number of anilines is 1. The Bertz CT molecular complexity index is 554. The highest BCUT2D eigenvalue weighted by molar-refractivity contribution is 6.04. The van der Waals surface area contributed by atoms with Gasteiger partial charge in [-0.2, -0.15) is 4.98 Å². The first-order valence-electron chi connectivity index (χ1n) is 5.01. The molecular formula is C10H11N5O3. The Morgan fingerprint density at radius 1 is 1.39 bits per heavy atom. The van der Waals surface area contributed by atoms with E-state index in [4.69, 9.17) is 9.47 Å². The van der Waals surface area contributed by atoms with Gasteiger partial charge in [-0.1, -0.05) is 0 Å². The van der Waals surface area contributed by atoms with Gasteiger partial charge in [0.05, 0.1) is 14.2 Å². The van der Waals surface area contributed by atoms with Crippen LogP contribution in [0.25, 0.3) is 0 Å². The Morgan fingerprint density at radius 3 is 2.89 bits per heavy atom. The molecule has 0 atom stereocenters. The summed E-state index contributed by atoms with van der Waals surface area (Å²) in [5.74, 6) is 0.0167. The van der Waals surface area contributed by atoms with Crippen molar-refractivity contribution >= 4 is 11.9 Å². The van der Waals surface area contributed by atoms with Gasteiger partial charge >= 0.3 is 6.01 Å². The van der Waals surface area contributed by atoms with E-state index in [2.05, 4.69) is 25.5 Å². The van der Waals surface area contributed by atoms with Crippen LogP contribution in [0.2, 0.25) is 0 Å². The van der Waals surface area contributed by atoms with Crippen molar-refractivity contribution in [3.8, 4) is 11.9 Å². The van der Waals surface area contributed by atoms with Crippen molar-refractivity contribution in [3.63, 3.8) is 0 Å². The van der Waals surface area contributed by atoms with Gasteiger partial charge in [0.25, 0.3) is 5.91 Å². The Morgan fingerprint density at radius 2 is 2.22 bits per heavy atom. The zero-order valence-electron chi connectivity index (χ0n) is 9.80. The molecule has 0 aliphatic heterocycles. The van der Waals surface area contributed by atoms with E-state index in [0.717, 1.165) is 0 Å². The maximum absolute atomic E-state index is 11.9. The molecule has 2 N–H and O–H groups in total. The van der Waals surface area contributed by atoms with Crippen LogP contribution >= 0.6 is 0 Å². The molecule has 8 heteroatoms. The molecule has 0 aliphatic rings. The van der Waals surface area contributed by atoms with Crippen molar-refractivity contribution in [3.05, 3.63) is 23.9 Å². The quantitative estimate of drug-likeness (QED) is 0.816. The Hall–Kier alpha value is -2.64. The molecule has 2 heterocycles. The van der Waals surface area contributed by atoms with Crippen molar-refractivity contribution in [2.24, 2.45) is 0 Å². The minimum Gasteiger partial charge on any atom is -0.480 e. The second-order valence-corrected chi connectivity index (χ2v) is 3.19. The van der Waals surface area contributed by atoms with Crippen LogP contribution in [0.4, 0.5) is 5.95 Å². The maximum atomic E-state index is 11.9. The molecule has 0 unspecified atom stereocenters. The zero-order chi connectivity index (χ0) is 13.0. The highest BCUT2D eigenvalue weighted by Crippen LogP contribution is 2.15. The number of hydrogen-bond donors (Lipinski definition) is 2. The van der Waals surface area contributed by atoms with Crippen molar-refractivity contribution in [2.45, 2.75) is 0 Å². The van der Waals surface area contributed by atoms with Crippen molar-refractivity contribution in [1.29, 1.82) is 0 Å². The Kier molecular flexibility index (Phi) is 3.37. The summed E-state index contributed by atoms with van der Waals surface area (Å²) in [6.45, 7) is 0. The SMILES string of the molecule is COc1n[nH]c(NC(=O)c2cccnc2OC)n1. The number of carbonyl (C=O) groups is 1. The van der Waals surface area contributed by atoms with Crippen LogP contribution in [0.1, 0.15) is 10.4 Å². The van der Waals surface area contributed by atoms with Gasteiger partial charge in [0.2, 0.25) is 11.8 Å². The van der Waals surface area contributed by atoms with Crippen LogP contribution < -0.4 is 14.8 Å². The lowest BCUT2D eigenvalue weighted by molar-refractivity contribution is 0.102. The fourth-order valence-electron chi connectivity index (χ4n) is 1.29. The number of rotatable bonds is 4. The van der Waals surface area contributed by atoms with E-state index in [1.165, 1.54) is 20.4 Å². The molecule has 0 aromatic carbocycles. The average Bonchev–Trinajstić information content (AvgIpc) is 2.86. The molecule has 1 amide bonds. The first-order valence-corrected chi connectivity index (χ1v) is 5.01. The van der Waals surface area contributed by atoms with Gasteiger partial charge in [-0.05, 0) is 12.1 Å². The van der Waals surface area contributed by atoms with Crippen LogP contribution in [0.15, 0.2) is 18.3 Å². The highest BCUT2D eigenvalue weighted by Gasteiger charge is 2.14. The van der Waals surface area contributed by atoms with E-state index in [9.17, 15) is 4.79 Å². The van der Waals surface area contributed by atoms with Crippen molar-refractivity contribution < 1.29 is 14.3 Å². The van der Waals surface area contributed by atoms with E-state index in [1.807, 2.05) is 0 Å². The number of carbonyl (C=O) groups excluding carboxylic acids is 1. The lowest BCUT2D eigenvalue weighted by atomic mass is 10.2. The van der Waals surface area contributed by atoms with Crippen LogP contribution in [0.3, 0.4) is 0 Å². The number of aromatic nitrogens is 4. The van der Waals surface area contributed by atoms with Crippen LogP contribution in [0, 0.1) is 0 Å². The fourth-order valence-corrected chi connectivity index (χ4v) is 1.29. The average molecular weight is 249 g/mol.